The van der Waals surface area contributed by atoms with Crippen LogP contribution in [0.3, 0.4) is 0 Å². The van der Waals surface area contributed by atoms with Gasteiger partial charge in [0.1, 0.15) is 0 Å². The quantitative estimate of drug-likeness (QED) is 0.615. The Hall–Kier alpha value is -1.14. The number of aliphatic hydroxyl groups excluding tert-OH is 2. The number of hydrogen-bond donors (Lipinski definition) is 4. The molecule has 0 aromatic carbocycles. The van der Waals surface area contributed by atoms with Crippen molar-refractivity contribution < 1.29 is 30.0 Å². The van der Waals surface area contributed by atoms with Crippen LogP contribution in [-0.4, -0.2) is 44.6 Å². The number of carboxylic acids is 2. The zero-order valence-corrected chi connectivity index (χ0v) is 12.8. The summed E-state index contributed by atoms with van der Waals surface area (Å²) in [4.78, 5) is 23.5. The topological polar surface area (TPSA) is 115 Å². The van der Waals surface area contributed by atoms with Gasteiger partial charge in [0.2, 0.25) is 0 Å². The lowest BCUT2D eigenvalue weighted by atomic mass is 9.64. The molecule has 4 atom stereocenters. The molecule has 2 fully saturated rings. The lowest BCUT2D eigenvalue weighted by Crippen LogP contribution is -2.43. The molecule has 2 aliphatic carbocycles. The Bertz CT molecular complexity index is 396. The highest BCUT2D eigenvalue weighted by atomic mass is 16.4. The Morgan fingerprint density at radius 2 is 1.18 bits per heavy atom. The highest BCUT2D eigenvalue weighted by Crippen LogP contribution is 2.47. The van der Waals surface area contributed by atoms with Crippen molar-refractivity contribution in [3.8, 4) is 0 Å². The Balaban J connectivity index is 2.13. The van der Waals surface area contributed by atoms with Gasteiger partial charge in [0.15, 0.2) is 0 Å². The third kappa shape index (κ3) is 3.43. The maximum absolute atomic E-state index is 11.7. The van der Waals surface area contributed by atoms with Crippen LogP contribution < -0.4 is 0 Å². The van der Waals surface area contributed by atoms with Gasteiger partial charge in [-0.3, -0.25) is 9.59 Å². The van der Waals surface area contributed by atoms with E-state index in [0.29, 0.717) is 38.5 Å². The number of hydrogen-bond acceptors (Lipinski definition) is 4. The van der Waals surface area contributed by atoms with Gasteiger partial charge in [-0.2, -0.15) is 0 Å². The summed E-state index contributed by atoms with van der Waals surface area (Å²) < 4.78 is 0. The van der Waals surface area contributed by atoms with E-state index in [0.717, 1.165) is 0 Å². The van der Waals surface area contributed by atoms with Gasteiger partial charge in [0.05, 0.1) is 23.0 Å². The van der Waals surface area contributed by atoms with Gasteiger partial charge in [0.25, 0.3) is 0 Å². The molecule has 0 bridgehead atoms. The molecular weight excluding hydrogens is 288 g/mol. The number of aliphatic hydroxyl groups is 2. The van der Waals surface area contributed by atoms with Crippen LogP contribution in [0.4, 0.5) is 0 Å². The summed E-state index contributed by atoms with van der Waals surface area (Å²) in [5.41, 5.74) is -2.05. The first-order valence-electron chi connectivity index (χ1n) is 8.13. The molecule has 0 amide bonds. The van der Waals surface area contributed by atoms with E-state index in [1.165, 1.54) is 0 Å². The van der Waals surface area contributed by atoms with Gasteiger partial charge in [0, 0.05) is 0 Å². The molecule has 0 saturated heterocycles. The van der Waals surface area contributed by atoms with E-state index < -0.39 is 35.0 Å². The van der Waals surface area contributed by atoms with Crippen LogP contribution in [0.25, 0.3) is 0 Å². The van der Waals surface area contributed by atoms with Gasteiger partial charge in [-0.15, -0.1) is 0 Å². The molecule has 0 heterocycles. The molecular formula is C16H26O6. The van der Waals surface area contributed by atoms with E-state index in [4.69, 9.17) is 0 Å². The molecule has 4 unspecified atom stereocenters. The molecule has 2 rings (SSSR count). The van der Waals surface area contributed by atoms with Crippen LogP contribution in [0, 0.1) is 10.8 Å². The Morgan fingerprint density at radius 3 is 1.45 bits per heavy atom. The molecule has 126 valence electrons. The molecule has 22 heavy (non-hydrogen) atoms. The fourth-order valence-corrected chi connectivity index (χ4v) is 4.20. The molecule has 0 aromatic rings. The Labute approximate surface area is 130 Å². The summed E-state index contributed by atoms with van der Waals surface area (Å²) in [5.74, 6) is -1.88. The first-order valence-corrected chi connectivity index (χ1v) is 8.13. The smallest absolute Gasteiger partial charge is 0.309 e. The van der Waals surface area contributed by atoms with Crippen LogP contribution in [0.5, 0.6) is 0 Å². The lowest BCUT2D eigenvalue weighted by Gasteiger charge is -2.41. The Morgan fingerprint density at radius 1 is 0.818 bits per heavy atom. The molecule has 2 saturated carbocycles. The van der Waals surface area contributed by atoms with Crippen LogP contribution in [0.15, 0.2) is 0 Å². The molecule has 4 N–H and O–H groups in total. The van der Waals surface area contributed by atoms with Gasteiger partial charge in [-0.05, 0) is 64.2 Å². The highest BCUT2D eigenvalue weighted by Gasteiger charge is 2.48. The van der Waals surface area contributed by atoms with Crippen molar-refractivity contribution in [1.29, 1.82) is 0 Å². The van der Waals surface area contributed by atoms with Gasteiger partial charge in [-0.1, -0.05) is 0 Å². The number of rotatable bonds is 5. The molecule has 0 aromatic heterocycles. The van der Waals surface area contributed by atoms with Crippen molar-refractivity contribution >= 4 is 11.9 Å². The molecule has 2 aliphatic rings. The first kappa shape index (κ1) is 17.2. The molecule has 0 spiro atoms. The third-order valence-corrected chi connectivity index (χ3v) is 5.63. The average Bonchev–Trinajstić information content (AvgIpc) is 2.45. The monoisotopic (exact) mass is 314 g/mol. The van der Waals surface area contributed by atoms with Gasteiger partial charge < -0.3 is 20.4 Å². The zero-order chi connectivity index (χ0) is 16.4. The first-order chi connectivity index (χ1) is 10.3. The van der Waals surface area contributed by atoms with E-state index in [1.54, 1.807) is 0 Å². The molecule has 0 radical (unpaired) electrons. The predicted molar refractivity (Wildman–Crippen MR) is 78.3 cm³/mol. The fourth-order valence-electron chi connectivity index (χ4n) is 4.20. The number of carbonyl (C=O) groups is 2. The van der Waals surface area contributed by atoms with E-state index >= 15 is 0 Å². The highest BCUT2D eigenvalue weighted by molar-refractivity contribution is 5.76. The number of aliphatic carboxylic acids is 2. The van der Waals surface area contributed by atoms with Gasteiger partial charge >= 0.3 is 11.9 Å². The summed E-state index contributed by atoms with van der Waals surface area (Å²) in [6.45, 7) is 0. The summed E-state index contributed by atoms with van der Waals surface area (Å²) in [7, 11) is 0. The molecule has 6 nitrogen and oxygen atoms in total. The minimum atomic E-state index is -1.03. The van der Waals surface area contributed by atoms with Gasteiger partial charge in [-0.25, -0.2) is 0 Å². The van der Waals surface area contributed by atoms with Crippen LogP contribution in [0.2, 0.25) is 0 Å². The molecule has 0 aliphatic heterocycles. The third-order valence-electron chi connectivity index (χ3n) is 5.63. The Kier molecular flexibility index (Phi) is 5.12. The van der Waals surface area contributed by atoms with E-state index in [1.807, 2.05) is 0 Å². The second-order valence-corrected chi connectivity index (χ2v) is 7.17. The largest absolute Gasteiger partial charge is 0.481 e. The predicted octanol–water partition coefficient (Wildman–Crippen LogP) is 1.78. The summed E-state index contributed by atoms with van der Waals surface area (Å²) in [5, 5.41) is 38.9. The zero-order valence-electron chi connectivity index (χ0n) is 12.8. The van der Waals surface area contributed by atoms with Crippen molar-refractivity contribution in [1.82, 2.24) is 0 Å². The second-order valence-electron chi connectivity index (χ2n) is 7.17. The summed E-state index contributed by atoms with van der Waals surface area (Å²) in [6, 6.07) is 0. The van der Waals surface area contributed by atoms with E-state index in [2.05, 4.69) is 0 Å². The minimum absolute atomic E-state index is 0.195. The van der Waals surface area contributed by atoms with Crippen molar-refractivity contribution in [2.24, 2.45) is 10.8 Å². The van der Waals surface area contributed by atoms with Crippen LogP contribution in [0.1, 0.15) is 64.2 Å². The van der Waals surface area contributed by atoms with Crippen LogP contribution in [-0.2, 0) is 9.59 Å². The van der Waals surface area contributed by atoms with Crippen LogP contribution >= 0.6 is 0 Å². The minimum Gasteiger partial charge on any atom is -0.481 e. The van der Waals surface area contributed by atoms with Crippen molar-refractivity contribution in [3.05, 3.63) is 0 Å². The lowest BCUT2D eigenvalue weighted by molar-refractivity contribution is -0.160. The summed E-state index contributed by atoms with van der Waals surface area (Å²) in [6.07, 6.45) is 3.13. The summed E-state index contributed by atoms with van der Waals surface area (Å²) >= 11 is 0. The second kappa shape index (κ2) is 6.54. The van der Waals surface area contributed by atoms with Crippen molar-refractivity contribution in [3.63, 3.8) is 0 Å². The van der Waals surface area contributed by atoms with E-state index in [9.17, 15) is 30.0 Å². The standard InChI is InChI=1S/C16H26O6/c17-11-3-1-5-15(9-11,13(19)20)7-8-16(14(21)22)6-2-4-12(18)10-16/h11-12,17-18H,1-10H2,(H,19,20)(H,21,22). The maximum atomic E-state index is 11.7. The fraction of sp³-hybridized carbons (Fsp3) is 0.875. The molecule has 6 heteroatoms. The maximum Gasteiger partial charge on any atom is 0.309 e. The number of carboxylic acid groups (broad SMARTS) is 2. The van der Waals surface area contributed by atoms with E-state index in [-0.39, 0.29) is 25.7 Å². The SMILES string of the molecule is O=C(O)C1(CCC2(C(=O)O)CCCC(O)C2)CCCC(O)C1. The normalized spacial score (nSPS) is 39.4. The average molecular weight is 314 g/mol. The van der Waals surface area contributed by atoms with Crippen molar-refractivity contribution in [2.45, 2.75) is 76.4 Å². The van der Waals surface area contributed by atoms with Crippen molar-refractivity contribution in [2.75, 3.05) is 0 Å².